The molecule has 1 fully saturated rings. The van der Waals surface area contributed by atoms with Gasteiger partial charge < -0.3 is 9.84 Å². The maximum Gasteiger partial charge on any atom is 0.331 e. The second-order valence-electron chi connectivity index (χ2n) is 5.03. The first-order valence-electron chi connectivity index (χ1n) is 6.06. The average Bonchev–Trinajstić information content (AvgIpc) is 2.27. The standard InChI is InChI=1S/C13H20O4/c1-13(2,10-6-4-3-5-7-10)17-12(16)9-8-11(14)15/h8-10H,3-7H2,1-2H3,(H,14,15)/b9-8+. The van der Waals surface area contributed by atoms with Crippen molar-refractivity contribution in [2.45, 2.75) is 51.6 Å². The summed E-state index contributed by atoms with van der Waals surface area (Å²) in [5.41, 5.74) is -0.514. The highest BCUT2D eigenvalue weighted by atomic mass is 16.6. The zero-order valence-corrected chi connectivity index (χ0v) is 10.4. The van der Waals surface area contributed by atoms with Crippen molar-refractivity contribution in [1.29, 1.82) is 0 Å². The summed E-state index contributed by atoms with van der Waals surface area (Å²) in [7, 11) is 0. The summed E-state index contributed by atoms with van der Waals surface area (Å²) in [4.78, 5) is 21.7. The van der Waals surface area contributed by atoms with E-state index in [1.165, 1.54) is 19.3 Å². The number of rotatable bonds is 4. The molecule has 17 heavy (non-hydrogen) atoms. The molecule has 0 bridgehead atoms. The molecule has 0 unspecified atom stereocenters. The first-order valence-corrected chi connectivity index (χ1v) is 6.06. The van der Waals surface area contributed by atoms with Crippen molar-refractivity contribution in [3.63, 3.8) is 0 Å². The van der Waals surface area contributed by atoms with Gasteiger partial charge in [0.05, 0.1) is 0 Å². The number of carboxylic acids is 1. The van der Waals surface area contributed by atoms with Crippen LogP contribution in [-0.2, 0) is 14.3 Å². The largest absolute Gasteiger partial charge is 0.478 e. The maximum atomic E-state index is 11.4. The number of esters is 1. The molecule has 0 spiro atoms. The number of carbonyl (C=O) groups is 2. The monoisotopic (exact) mass is 240 g/mol. The van der Waals surface area contributed by atoms with Gasteiger partial charge in [-0.3, -0.25) is 0 Å². The van der Waals surface area contributed by atoms with E-state index in [1.807, 2.05) is 13.8 Å². The Kier molecular flexibility index (Phi) is 4.73. The molecule has 1 saturated carbocycles. The molecule has 0 aromatic carbocycles. The Morgan fingerprint density at radius 1 is 1.18 bits per heavy atom. The van der Waals surface area contributed by atoms with Crippen LogP contribution in [0.25, 0.3) is 0 Å². The Balaban J connectivity index is 2.52. The maximum absolute atomic E-state index is 11.4. The first kappa shape index (κ1) is 13.7. The van der Waals surface area contributed by atoms with Crippen molar-refractivity contribution < 1.29 is 19.4 Å². The van der Waals surface area contributed by atoms with Gasteiger partial charge in [0.1, 0.15) is 5.60 Å². The highest BCUT2D eigenvalue weighted by molar-refractivity contribution is 5.90. The fourth-order valence-electron chi connectivity index (χ4n) is 2.31. The van der Waals surface area contributed by atoms with Gasteiger partial charge in [-0.25, -0.2) is 9.59 Å². The lowest BCUT2D eigenvalue weighted by molar-refractivity contribution is -0.157. The molecule has 0 atom stereocenters. The predicted molar refractivity (Wildman–Crippen MR) is 63.5 cm³/mol. The Bertz CT molecular complexity index is 311. The van der Waals surface area contributed by atoms with Crippen molar-refractivity contribution in [2.24, 2.45) is 5.92 Å². The van der Waals surface area contributed by atoms with Gasteiger partial charge in [0.25, 0.3) is 0 Å². The average molecular weight is 240 g/mol. The summed E-state index contributed by atoms with van der Waals surface area (Å²) < 4.78 is 5.34. The highest BCUT2D eigenvalue weighted by Gasteiger charge is 2.33. The fourth-order valence-corrected chi connectivity index (χ4v) is 2.31. The molecule has 0 amide bonds. The van der Waals surface area contributed by atoms with Crippen molar-refractivity contribution >= 4 is 11.9 Å². The van der Waals surface area contributed by atoms with Crippen LogP contribution in [0.3, 0.4) is 0 Å². The number of carbonyl (C=O) groups excluding carboxylic acids is 1. The van der Waals surface area contributed by atoms with E-state index < -0.39 is 17.5 Å². The van der Waals surface area contributed by atoms with Gasteiger partial charge in [-0.1, -0.05) is 19.3 Å². The zero-order valence-electron chi connectivity index (χ0n) is 10.4. The number of ether oxygens (including phenoxy) is 1. The van der Waals surface area contributed by atoms with Crippen LogP contribution >= 0.6 is 0 Å². The molecule has 0 aromatic rings. The van der Waals surface area contributed by atoms with E-state index in [-0.39, 0.29) is 0 Å². The molecule has 1 aliphatic rings. The molecule has 4 nitrogen and oxygen atoms in total. The zero-order chi connectivity index (χ0) is 12.9. The molecule has 0 heterocycles. The van der Waals surface area contributed by atoms with Crippen molar-refractivity contribution in [2.75, 3.05) is 0 Å². The van der Waals surface area contributed by atoms with Crippen LogP contribution in [-0.4, -0.2) is 22.6 Å². The molecule has 0 aliphatic heterocycles. The summed E-state index contributed by atoms with van der Waals surface area (Å²) in [6, 6.07) is 0. The number of hydrogen-bond acceptors (Lipinski definition) is 3. The van der Waals surface area contributed by atoms with E-state index in [4.69, 9.17) is 9.84 Å². The molecule has 1 N–H and O–H groups in total. The van der Waals surface area contributed by atoms with E-state index in [0.717, 1.165) is 25.0 Å². The normalized spacial score (nSPS) is 18.2. The minimum atomic E-state index is -1.14. The first-order chi connectivity index (χ1) is 7.92. The van der Waals surface area contributed by atoms with E-state index in [2.05, 4.69) is 0 Å². The third kappa shape index (κ3) is 4.59. The summed E-state index contributed by atoms with van der Waals surface area (Å²) in [6.45, 7) is 3.80. The smallest absolute Gasteiger partial charge is 0.331 e. The Morgan fingerprint density at radius 2 is 1.76 bits per heavy atom. The minimum Gasteiger partial charge on any atom is -0.478 e. The quantitative estimate of drug-likeness (QED) is 0.606. The third-order valence-corrected chi connectivity index (χ3v) is 3.31. The molecule has 4 heteroatoms. The molecule has 1 aliphatic carbocycles. The second kappa shape index (κ2) is 5.84. The van der Waals surface area contributed by atoms with Crippen LogP contribution in [0.4, 0.5) is 0 Å². The van der Waals surface area contributed by atoms with Crippen molar-refractivity contribution in [3.05, 3.63) is 12.2 Å². The topological polar surface area (TPSA) is 63.6 Å². The summed E-state index contributed by atoms with van der Waals surface area (Å²) in [6.07, 6.45) is 7.52. The number of aliphatic carboxylic acids is 1. The number of hydrogen-bond donors (Lipinski definition) is 1. The van der Waals surface area contributed by atoms with E-state index >= 15 is 0 Å². The predicted octanol–water partition coefficient (Wildman–Crippen LogP) is 2.53. The van der Waals surface area contributed by atoms with Crippen LogP contribution in [0.5, 0.6) is 0 Å². The van der Waals surface area contributed by atoms with Crippen LogP contribution < -0.4 is 0 Å². The molecule has 96 valence electrons. The second-order valence-corrected chi connectivity index (χ2v) is 5.03. The summed E-state index contributed by atoms with van der Waals surface area (Å²) in [5.74, 6) is -1.35. The Morgan fingerprint density at radius 3 is 2.29 bits per heavy atom. The lowest BCUT2D eigenvalue weighted by atomic mass is 9.79. The highest BCUT2D eigenvalue weighted by Crippen LogP contribution is 2.34. The van der Waals surface area contributed by atoms with Gasteiger partial charge in [-0.2, -0.15) is 0 Å². The van der Waals surface area contributed by atoms with Gasteiger partial charge in [0.15, 0.2) is 0 Å². The molecule has 0 aromatic heterocycles. The van der Waals surface area contributed by atoms with Crippen LogP contribution in [0.15, 0.2) is 12.2 Å². The lowest BCUT2D eigenvalue weighted by Crippen LogP contribution is -2.37. The molecule has 0 saturated heterocycles. The van der Waals surface area contributed by atoms with Gasteiger partial charge in [0, 0.05) is 12.2 Å². The third-order valence-electron chi connectivity index (χ3n) is 3.31. The molecular formula is C13H20O4. The van der Waals surface area contributed by atoms with Crippen LogP contribution in [0.1, 0.15) is 46.0 Å². The number of carboxylic acid groups (broad SMARTS) is 1. The van der Waals surface area contributed by atoms with Gasteiger partial charge >= 0.3 is 11.9 Å². The van der Waals surface area contributed by atoms with E-state index in [0.29, 0.717) is 5.92 Å². The Labute approximate surface area is 102 Å². The lowest BCUT2D eigenvalue weighted by Gasteiger charge is -2.36. The van der Waals surface area contributed by atoms with E-state index in [9.17, 15) is 9.59 Å². The van der Waals surface area contributed by atoms with Crippen molar-refractivity contribution in [3.8, 4) is 0 Å². The summed E-state index contributed by atoms with van der Waals surface area (Å²) >= 11 is 0. The fraction of sp³-hybridized carbons (Fsp3) is 0.692. The SMILES string of the molecule is CC(C)(OC(=O)/C=C/C(=O)O)C1CCCCC1. The molecular weight excluding hydrogens is 220 g/mol. The Hall–Kier alpha value is -1.32. The van der Waals surface area contributed by atoms with Crippen LogP contribution in [0.2, 0.25) is 0 Å². The van der Waals surface area contributed by atoms with Gasteiger partial charge in [-0.05, 0) is 32.6 Å². The summed E-state index contributed by atoms with van der Waals surface area (Å²) in [5, 5.41) is 8.41. The molecule has 1 rings (SSSR count). The molecule has 0 radical (unpaired) electrons. The minimum absolute atomic E-state index is 0.374. The van der Waals surface area contributed by atoms with Crippen molar-refractivity contribution in [1.82, 2.24) is 0 Å². The van der Waals surface area contributed by atoms with E-state index in [1.54, 1.807) is 0 Å². The van der Waals surface area contributed by atoms with Gasteiger partial charge in [0.2, 0.25) is 0 Å². The van der Waals surface area contributed by atoms with Crippen LogP contribution in [0, 0.1) is 5.92 Å². The van der Waals surface area contributed by atoms with Gasteiger partial charge in [-0.15, -0.1) is 0 Å².